The number of hydrogen-bond donors (Lipinski definition) is 2. The third-order valence-corrected chi connectivity index (χ3v) is 3.41. The van der Waals surface area contributed by atoms with Gasteiger partial charge in [0.05, 0.1) is 12.7 Å². The van der Waals surface area contributed by atoms with Crippen LogP contribution in [0.5, 0.6) is 11.5 Å². The number of nitriles is 1. The van der Waals surface area contributed by atoms with E-state index in [4.69, 9.17) is 10.00 Å². The molecule has 0 heterocycles. The average molecular weight is 282 g/mol. The summed E-state index contributed by atoms with van der Waals surface area (Å²) in [6.07, 6.45) is 0. The largest absolute Gasteiger partial charge is 0.508 e. The molecule has 0 aliphatic carbocycles. The number of hydrogen-bond acceptors (Lipinski definition) is 4. The first-order valence-electron chi connectivity index (χ1n) is 6.66. The van der Waals surface area contributed by atoms with Crippen molar-refractivity contribution in [3.05, 3.63) is 52.6 Å². The fourth-order valence-electron chi connectivity index (χ4n) is 2.14. The van der Waals surface area contributed by atoms with Crippen molar-refractivity contribution in [2.24, 2.45) is 0 Å². The van der Waals surface area contributed by atoms with Crippen molar-refractivity contribution in [2.45, 2.75) is 20.4 Å². The molecule has 0 saturated carbocycles. The molecule has 0 radical (unpaired) electrons. The lowest BCUT2D eigenvalue weighted by atomic mass is 10.1. The summed E-state index contributed by atoms with van der Waals surface area (Å²) in [5.41, 5.74) is 4.30. The molecule has 2 N–H and O–H groups in total. The van der Waals surface area contributed by atoms with Crippen LogP contribution in [0.15, 0.2) is 30.3 Å². The lowest BCUT2D eigenvalue weighted by molar-refractivity contribution is 0.413. The number of anilines is 1. The number of phenolic OH excluding ortho intramolecular Hbond substituents is 1. The first kappa shape index (κ1) is 14.7. The number of ether oxygens (including phenoxy) is 1. The number of benzene rings is 2. The van der Waals surface area contributed by atoms with Crippen LogP contribution in [-0.4, -0.2) is 12.2 Å². The van der Waals surface area contributed by atoms with Crippen molar-refractivity contribution in [1.82, 2.24) is 0 Å². The van der Waals surface area contributed by atoms with Crippen LogP contribution in [0.2, 0.25) is 0 Å². The summed E-state index contributed by atoms with van der Waals surface area (Å²) < 4.78 is 5.13. The number of nitrogens with zero attached hydrogens (tertiary/aromatic N) is 1. The predicted molar refractivity (Wildman–Crippen MR) is 82.6 cm³/mol. The number of aromatic hydroxyl groups is 1. The van der Waals surface area contributed by atoms with Gasteiger partial charge in [-0.25, -0.2) is 0 Å². The zero-order valence-electron chi connectivity index (χ0n) is 12.4. The van der Waals surface area contributed by atoms with Crippen LogP contribution in [0.4, 0.5) is 5.69 Å². The van der Waals surface area contributed by atoms with Gasteiger partial charge in [0.1, 0.15) is 17.6 Å². The number of nitrogens with one attached hydrogen (secondary N) is 1. The van der Waals surface area contributed by atoms with E-state index in [1.165, 1.54) is 0 Å². The molecule has 0 saturated heterocycles. The van der Waals surface area contributed by atoms with Crippen LogP contribution < -0.4 is 10.1 Å². The Labute approximate surface area is 124 Å². The lowest BCUT2D eigenvalue weighted by Crippen LogP contribution is -2.02. The van der Waals surface area contributed by atoms with E-state index in [0.29, 0.717) is 23.6 Å². The zero-order valence-corrected chi connectivity index (χ0v) is 12.4. The predicted octanol–water partition coefficient (Wildman–Crippen LogP) is 3.50. The number of rotatable bonds is 4. The van der Waals surface area contributed by atoms with Gasteiger partial charge in [-0.3, -0.25) is 0 Å². The Morgan fingerprint density at radius 3 is 2.62 bits per heavy atom. The van der Waals surface area contributed by atoms with Gasteiger partial charge in [-0.2, -0.15) is 5.26 Å². The minimum absolute atomic E-state index is 0.300. The van der Waals surface area contributed by atoms with Crippen molar-refractivity contribution in [1.29, 1.82) is 5.26 Å². The fourth-order valence-corrected chi connectivity index (χ4v) is 2.14. The summed E-state index contributed by atoms with van der Waals surface area (Å²) in [6.45, 7) is 4.40. The van der Waals surface area contributed by atoms with Gasteiger partial charge in [0, 0.05) is 12.2 Å². The Bertz CT molecular complexity index is 703. The van der Waals surface area contributed by atoms with Gasteiger partial charge in [-0.15, -0.1) is 0 Å². The van der Waals surface area contributed by atoms with E-state index in [9.17, 15) is 5.11 Å². The van der Waals surface area contributed by atoms with Crippen molar-refractivity contribution < 1.29 is 9.84 Å². The van der Waals surface area contributed by atoms with Crippen LogP contribution >= 0.6 is 0 Å². The van der Waals surface area contributed by atoms with E-state index < -0.39 is 0 Å². The molecule has 0 aliphatic heterocycles. The number of aryl methyl sites for hydroxylation is 2. The van der Waals surface area contributed by atoms with Crippen LogP contribution in [0.3, 0.4) is 0 Å². The molecule has 0 bridgehead atoms. The third-order valence-electron chi connectivity index (χ3n) is 3.41. The van der Waals surface area contributed by atoms with E-state index in [1.54, 1.807) is 19.2 Å². The molecule has 0 atom stereocenters. The molecule has 0 amide bonds. The molecule has 2 rings (SSSR count). The quantitative estimate of drug-likeness (QED) is 0.842. The Morgan fingerprint density at radius 1 is 1.19 bits per heavy atom. The highest BCUT2D eigenvalue weighted by Crippen LogP contribution is 2.26. The molecule has 0 aromatic heterocycles. The van der Waals surface area contributed by atoms with Crippen LogP contribution in [0.25, 0.3) is 0 Å². The van der Waals surface area contributed by atoms with Gasteiger partial charge in [0.25, 0.3) is 0 Å². The Morgan fingerprint density at radius 2 is 1.95 bits per heavy atom. The molecular weight excluding hydrogens is 264 g/mol. The van der Waals surface area contributed by atoms with Gasteiger partial charge in [0.15, 0.2) is 0 Å². The molecule has 2 aromatic rings. The topological polar surface area (TPSA) is 65.3 Å². The highest BCUT2D eigenvalue weighted by molar-refractivity contribution is 5.57. The molecule has 0 aliphatic rings. The minimum atomic E-state index is 0.300. The molecule has 4 heteroatoms. The second-order valence-corrected chi connectivity index (χ2v) is 4.95. The van der Waals surface area contributed by atoms with E-state index in [2.05, 4.69) is 11.4 Å². The van der Waals surface area contributed by atoms with Gasteiger partial charge in [-0.1, -0.05) is 6.07 Å². The van der Waals surface area contributed by atoms with Crippen LogP contribution in [0.1, 0.15) is 22.3 Å². The summed E-state index contributed by atoms with van der Waals surface area (Å²) >= 11 is 0. The van der Waals surface area contributed by atoms with Gasteiger partial charge in [-0.05, 0) is 54.8 Å². The van der Waals surface area contributed by atoms with E-state index >= 15 is 0 Å². The van der Waals surface area contributed by atoms with Crippen molar-refractivity contribution in [2.75, 3.05) is 12.4 Å². The SMILES string of the molecule is COc1ccc(CNc2cc(C)c(O)cc2C)cc1C#N. The van der Waals surface area contributed by atoms with Gasteiger partial charge >= 0.3 is 0 Å². The average Bonchev–Trinajstić information content (AvgIpc) is 2.49. The first-order valence-corrected chi connectivity index (χ1v) is 6.66. The molecule has 2 aromatic carbocycles. The monoisotopic (exact) mass is 282 g/mol. The Balaban J connectivity index is 2.17. The van der Waals surface area contributed by atoms with Crippen molar-refractivity contribution >= 4 is 5.69 Å². The van der Waals surface area contributed by atoms with Crippen molar-refractivity contribution in [3.8, 4) is 17.6 Å². The van der Waals surface area contributed by atoms with Gasteiger partial charge in [0.2, 0.25) is 0 Å². The minimum Gasteiger partial charge on any atom is -0.508 e. The second kappa shape index (κ2) is 6.19. The van der Waals surface area contributed by atoms with E-state index in [0.717, 1.165) is 22.4 Å². The first-order chi connectivity index (χ1) is 10.0. The number of methoxy groups -OCH3 is 1. The molecule has 0 fully saturated rings. The standard InChI is InChI=1S/C17H18N2O2/c1-11-7-16(20)12(2)6-15(11)19-10-13-4-5-17(21-3)14(8-13)9-18/h4-8,19-20H,10H2,1-3H3. The summed E-state index contributed by atoms with van der Waals surface area (Å²) in [5.74, 6) is 0.882. The van der Waals surface area contributed by atoms with Crippen LogP contribution in [0, 0.1) is 25.2 Å². The van der Waals surface area contributed by atoms with E-state index in [1.807, 2.05) is 32.0 Å². The third kappa shape index (κ3) is 3.26. The van der Waals surface area contributed by atoms with Crippen molar-refractivity contribution in [3.63, 3.8) is 0 Å². The highest BCUT2D eigenvalue weighted by Gasteiger charge is 2.06. The maximum absolute atomic E-state index is 9.66. The highest BCUT2D eigenvalue weighted by atomic mass is 16.5. The molecule has 0 unspecified atom stereocenters. The van der Waals surface area contributed by atoms with Crippen LogP contribution in [-0.2, 0) is 6.54 Å². The fraction of sp³-hybridized carbons (Fsp3) is 0.235. The molecule has 21 heavy (non-hydrogen) atoms. The summed E-state index contributed by atoms with van der Waals surface area (Å²) in [5, 5.41) is 22.1. The smallest absolute Gasteiger partial charge is 0.136 e. The van der Waals surface area contributed by atoms with E-state index in [-0.39, 0.29) is 0 Å². The molecular formula is C17H18N2O2. The Kier molecular flexibility index (Phi) is 4.34. The van der Waals surface area contributed by atoms with Gasteiger partial charge < -0.3 is 15.2 Å². The Hall–Kier alpha value is -2.67. The number of phenols is 1. The zero-order chi connectivity index (χ0) is 15.4. The normalized spacial score (nSPS) is 10.0. The maximum Gasteiger partial charge on any atom is 0.136 e. The summed E-state index contributed by atoms with van der Waals surface area (Å²) in [4.78, 5) is 0. The second-order valence-electron chi connectivity index (χ2n) is 4.95. The molecule has 0 spiro atoms. The summed E-state index contributed by atoms with van der Waals surface area (Å²) in [6, 6.07) is 11.3. The summed E-state index contributed by atoms with van der Waals surface area (Å²) in [7, 11) is 1.55. The molecule has 4 nitrogen and oxygen atoms in total. The lowest BCUT2D eigenvalue weighted by Gasteiger charge is -2.12. The maximum atomic E-state index is 9.66. The molecule has 108 valence electrons.